The monoisotopic (exact) mass is 263 g/mol. The van der Waals surface area contributed by atoms with Gasteiger partial charge in [0, 0.05) is 0 Å². The Balaban J connectivity index is 2.18. The van der Waals surface area contributed by atoms with Crippen LogP contribution in [0.15, 0.2) is 18.2 Å². The number of carboxylic acid groups (broad SMARTS) is 1. The van der Waals surface area contributed by atoms with Crippen LogP contribution in [-0.2, 0) is 0 Å². The summed E-state index contributed by atoms with van der Waals surface area (Å²) in [6, 6.07) is 4.94. The van der Waals surface area contributed by atoms with Crippen molar-refractivity contribution in [3.05, 3.63) is 23.8 Å². The molecule has 1 aliphatic rings. The number of para-hydroxylation sites is 1. The van der Waals surface area contributed by atoms with Crippen molar-refractivity contribution in [1.29, 1.82) is 0 Å². The Morgan fingerprint density at radius 3 is 2.84 bits per heavy atom. The molecular weight excluding hydrogens is 242 g/mol. The summed E-state index contributed by atoms with van der Waals surface area (Å²) in [5.41, 5.74) is 6.23. The molecule has 0 amide bonds. The first-order chi connectivity index (χ1) is 9.13. The third kappa shape index (κ3) is 3.00. The molecule has 1 fully saturated rings. The number of nitrogens with two attached hydrogens (primary N) is 1. The van der Waals surface area contributed by atoms with Gasteiger partial charge in [0.25, 0.3) is 0 Å². The van der Waals surface area contributed by atoms with E-state index < -0.39 is 5.97 Å². The fourth-order valence-corrected chi connectivity index (χ4v) is 2.79. The Bertz CT molecular complexity index is 459. The topological polar surface area (TPSA) is 72.5 Å². The van der Waals surface area contributed by atoms with Crippen LogP contribution in [0.2, 0.25) is 0 Å². The Kier molecular flexibility index (Phi) is 4.30. The molecule has 1 aliphatic carbocycles. The molecule has 0 heterocycles. The first-order valence-electron chi connectivity index (χ1n) is 6.92. The van der Waals surface area contributed by atoms with Crippen LogP contribution in [0, 0.1) is 5.92 Å². The third-order valence-electron chi connectivity index (χ3n) is 3.94. The second-order valence-electron chi connectivity index (χ2n) is 5.13. The Morgan fingerprint density at radius 2 is 2.16 bits per heavy atom. The van der Waals surface area contributed by atoms with E-state index in [1.165, 1.54) is 25.3 Å². The van der Waals surface area contributed by atoms with Gasteiger partial charge in [-0.3, -0.25) is 0 Å². The second kappa shape index (κ2) is 5.95. The van der Waals surface area contributed by atoms with Crippen LogP contribution in [0.4, 0.5) is 5.69 Å². The molecule has 3 N–H and O–H groups in total. The average molecular weight is 263 g/mol. The number of anilines is 1. The lowest BCUT2D eigenvalue weighted by atomic mass is 9.85. The standard InChI is InChI=1S/C15H21NO3/c1-2-10-6-3-4-8-12(10)19-13-9-5-7-11(14(13)16)15(17)18/h5,7,9-10,12H,2-4,6,8,16H2,1H3,(H,17,18). The van der Waals surface area contributed by atoms with Gasteiger partial charge in [-0.2, -0.15) is 0 Å². The van der Waals surface area contributed by atoms with Gasteiger partial charge < -0.3 is 15.6 Å². The molecule has 19 heavy (non-hydrogen) atoms. The smallest absolute Gasteiger partial charge is 0.337 e. The Hall–Kier alpha value is -1.71. The zero-order valence-corrected chi connectivity index (χ0v) is 11.3. The van der Waals surface area contributed by atoms with Gasteiger partial charge in [0.1, 0.15) is 11.9 Å². The molecule has 1 aromatic carbocycles. The van der Waals surface area contributed by atoms with E-state index in [9.17, 15) is 4.79 Å². The Morgan fingerprint density at radius 1 is 1.42 bits per heavy atom. The predicted molar refractivity (Wildman–Crippen MR) is 74.5 cm³/mol. The van der Waals surface area contributed by atoms with Gasteiger partial charge in [-0.1, -0.05) is 19.4 Å². The van der Waals surface area contributed by atoms with Crippen LogP contribution in [0.5, 0.6) is 5.75 Å². The summed E-state index contributed by atoms with van der Waals surface area (Å²) in [5, 5.41) is 9.06. The molecule has 104 valence electrons. The molecule has 2 unspecified atom stereocenters. The van der Waals surface area contributed by atoms with E-state index >= 15 is 0 Å². The van der Waals surface area contributed by atoms with Crippen LogP contribution in [0.3, 0.4) is 0 Å². The van der Waals surface area contributed by atoms with E-state index in [-0.39, 0.29) is 17.4 Å². The molecular formula is C15H21NO3. The lowest BCUT2D eigenvalue weighted by Gasteiger charge is -2.31. The first-order valence-corrected chi connectivity index (χ1v) is 6.92. The van der Waals surface area contributed by atoms with Crippen molar-refractivity contribution in [3.8, 4) is 5.75 Å². The van der Waals surface area contributed by atoms with Crippen LogP contribution in [0.1, 0.15) is 49.4 Å². The van der Waals surface area contributed by atoms with E-state index in [1.54, 1.807) is 12.1 Å². The van der Waals surface area contributed by atoms with E-state index in [1.807, 2.05) is 0 Å². The van der Waals surface area contributed by atoms with Crippen LogP contribution >= 0.6 is 0 Å². The molecule has 4 heteroatoms. The highest BCUT2D eigenvalue weighted by Gasteiger charge is 2.26. The number of hydrogen-bond acceptors (Lipinski definition) is 3. The minimum absolute atomic E-state index is 0.112. The average Bonchev–Trinajstić information content (AvgIpc) is 2.41. The number of aromatic carboxylic acids is 1. The van der Waals surface area contributed by atoms with E-state index in [4.69, 9.17) is 15.6 Å². The number of rotatable bonds is 4. The number of nitrogen functional groups attached to an aromatic ring is 1. The molecule has 1 saturated carbocycles. The summed E-state index contributed by atoms with van der Waals surface area (Å²) in [5.74, 6) is 0.0329. The molecule has 0 bridgehead atoms. The minimum atomic E-state index is -1.02. The molecule has 0 radical (unpaired) electrons. The normalized spacial score (nSPS) is 23.0. The van der Waals surface area contributed by atoms with Crippen LogP contribution < -0.4 is 10.5 Å². The first kappa shape index (κ1) is 13.7. The van der Waals surface area contributed by atoms with Gasteiger partial charge in [0.15, 0.2) is 0 Å². The van der Waals surface area contributed by atoms with Crippen molar-refractivity contribution in [3.63, 3.8) is 0 Å². The molecule has 2 rings (SSSR count). The number of ether oxygens (including phenoxy) is 1. The van der Waals surface area contributed by atoms with Crippen LogP contribution in [-0.4, -0.2) is 17.2 Å². The quantitative estimate of drug-likeness (QED) is 0.817. The van der Waals surface area contributed by atoms with Crippen molar-refractivity contribution in [2.24, 2.45) is 5.92 Å². The molecule has 0 aromatic heterocycles. The molecule has 4 nitrogen and oxygen atoms in total. The highest BCUT2D eigenvalue weighted by Crippen LogP contribution is 2.33. The maximum absolute atomic E-state index is 11.1. The number of carbonyl (C=O) groups is 1. The molecule has 0 spiro atoms. The minimum Gasteiger partial charge on any atom is -0.488 e. The van der Waals surface area contributed by atoms with Gasteiger partial charge in [-0.15, -0.1) is 0 Å². The fourth-order valence-electron chi connectivity index (χ4n) is 2.79. The summed E-state index contributed by atoms with van der Waals surface area (Å²) < 4.78 is 5.99. The molecule has 1 aromatic rings. The number of carboxylic acids is 1. The SMILES string of the molecule is CCC1CCCCC1Oc1cccc(C(=O)O)c1N. The van der Waals surface area contributed by atoms with E-state index in [2.05, 4.69) is 6.92 Å². The number of hydrogen-bond donors (Lipinski definition) is 2. The Labute approximate surface area is 113 Å². The predicted octanol–water partition coefficient (Wildman–Crippen LogP) is 3.31. The van der Waals surface area contributed by atoms with Crippen molar-refractivity contribution in [2.75, 3.05) is 5.73 Å². The maximum Gasteiger partial charge on any atom is 0.337 e. The summed E-state index contributed by atoms with van der Waals surface area (Å²) in [7, 11) is 0. The zero-order valence-electron chi connectivity index (χ0n) is 11.3. The van der Waals surface area contributed by atoms with Gasteiger partial charge in [-0.05, 0) is 43.7 Å². The number of benzene rings is 1. The van der Waals surface area contributed by atoms with E-state index in [0.717, 1.165) is 12.8 Å². The molecule has 0 saturated heterocycles. The maximum atomic E-state index is 11.1. The van der Waals surface area contributed by atoms with Crippen molar-refractivity contribution >= 4 is 11.7 Å². The van der Waals surface area contributed by atoms with E-state index in [0.29, 0.717) is 11.7 Å². The zero-order chi connectivity index (χ0) is 13.8. The van der Waals surface area contributed by atoms with Crippen molar-refractivity contribution < 1.29 is 14.6 Å². The molecule has 0 aliphatic heterocycles. The fraction of sp³-hybridized carbons (Fsp3) is 0.533. The largest absolute Gasteiger partial charge is 0.488 e. The van der Waals surface area contributed by atoms with Crippen LogP contribution in [0.25, 0.3) is 0 Å². The van der Waals surface area contributed by atoms with Crippen molar-refractivity contribution in [2.45, 2.75) is 45.1 Å². The van der Waals surface area contributed by atoms with Gasteiger partial charge in [0.2, 0.25) is 0 Å². The van der Waals surface area contributed by atoms with Gasteiger partial charge in [0.05, 0.1) is 11.3 Å². The lowest BCUT2D eigenvalue weighted by molar-refractivity contribution is 0.0695. The second-order valence-corrected chi connectivity index (χ2v) is 5.13. The molecule has 2 atom stereocenters. The summed E-state index contributed by atoms with van der Waals surface area (Å²) in [6.45, 7) is 2.17. The van der Waals surface area contributed by atoms with Crippen molar-refractivity contribution in [1.82, 2.24) is 0 Å². The lowest BCUT2D eigenvalue weighted by Crippen LogP contribution is -2.30. The van der Waals surface area contributed by atoms with Gasteiger partial charge >= 0.3 is 5.97 Å². The highest BCUT2D eigenvalue weighted by atomic mass is 16.5. The third-order valence-corrected chi connectivity index (χ3v) is 3.94. The highest BCUT2D eigenvalue weighted by molar-refractivity contribution is 5.95. The summed E-state index contributed by atoms with van der Waals surface area (Å²) >= 11 is 0. The van der Waals surface area contributed by atoms with Gasteiger partial charge in [-0.25, -0.2) is 4.79 Å². The summed E-state index contributed by atoms with van der Waals surface area (Å²) in [6.07, 6.45) is 5.87. The summed E-state index contributed by atoms with van der Waals surface area (Å²) in [4.78, 5) is 11.1.